The summed E-state index contributed by atoms with van der Waals surface area (Å²) in [4.78, 5) is 12.4. The summed E-state index contributed by atoms with van der Waals surface area (Å²) in [6, 6.07) is 16.2. The zero-order chi connectivity index (χ0) is 14.7. The van der Waals surface area contributed by atoms with Crippen LogP contribution in [0.25, 0.3) is 0 Å². The molecule has 1 heterocycles. The van der Waals surface area contributed by atoms with E-state index < -0.39 is 0 Å². The Balaban J connectivity index is 1.68. The first-order chi connectivity index (χ1) is 10.2. The number of carbonyl (C=O) groups excluding carboxylic acids is 1. The Kier molecular flexibility index (Phi) is 4.02. The first-order valence-electron chi connectivity index (χ1n) is 7.38. The zero-order valence-electron chi connectivity index (χ0n) is 12.2. The van der Waals surface area contributed by atoms with Crippen LogP contribution in [-0.2, 0) is 17.8 Å². The predicted molar refractivity (Wildman–Crippen MR) is 83.9 cm³/mol. The molecule has 0 spiro atoms. The largest absolute Gasteiger partial charge is 0.350 e. The van der Waals surface area contributed by atoms with Crippen molar-refractivity contribution >= 4 is 5.91 Å². The number of benzene rings is 2. The summed E-state index contributed by atoms with van der Waals surface area (Å²) in [5.74, 6) is 0.0442. The molecule has 1 unspecified atom stereocenters. The molecular formula is C18H20N2O. The molecule has 2 N–H and O–H groups in total. The second-order valence-corrected chi connectivity index (χ2v) is 5.54. The summed E-state index contributed by atoms with van der Waals surface area (Å²) in [6.45, 7) is 3.48. The van der Waals surface area contributed by atoms with E-state index in [1.165, 1.54) is 11.1 Å². The third-order valence-electron chi connectivity index (χ3n) is 3.96. The molecule has 0 aliphatic carbocycles. The Labute approximate surface area is 125 Å². The van der Waals surface area contributed by atoms with Gasteiger partial charge >= 0.3 is 0 Å². The number of nitrogens with one attached hydrogen (secondary N) is 2. The molecule has 0 saturated carbocycles. The van der Waals surface area contributed by atoms with Gasteiger partial charge in [0.1, 0.15) is 6.04 Å². The first kappa shape index (κ1) is 13.8. The van der Waals surface area contributed by atoms with E-state index in [1.807, 2.05) is 18.2 Å². The third kappa shape index (κ3) is 3.14. The van der Waals surface area contributed by atoms with Crippen molar-refractivity contribution in [1.29, 1.82) is 0 Å². The van der Waals surface area contributed by atoms with Gasteiger partial charge in [-0.25, -0.2) is 0 Å². The average molecular weight is 280 g/mol. The molecule has 2 aromatic rings. The molecule has 0 radical (unpaired) electrons. The fourth-order valence-electron chi connectivity index (χ4n) is 2.74. The summed E-state index contributed by atoms with van der Waals surface area (Å²) >= 11 is 0. The average Bonchev–Trinajstić information content (AvgIpc) is 2.53. The summed E-state index contributed by atoms with van der Waals surface area (Å²) in [5.41, 5.74) is 4.72. The van der Waals surface area contributed by atoms with Gasteiger partial charge in [-0.2, -0.15) is 0 Å². The Hall–Kier alpha value is -2.13. The quantitative estimate of drug-likeness (QED) is 0.907. The van der Waals surface area contributed by atoms with Gasteiger partial charge in [0.15, 0.2) is 0 Å². The second-order valence-electron chi connectivity index (χ2n) is 5.54. The fourth-order valence-corrected chi connectivity index (χ4v) is 2.74. The number of carbonyl (C=O) groups is 1. The monoisotopic (exact) mass is 280 g/mol. The molecule has 3 heteroatoms. The van der Waals surface area contributed by atoms with Crippen LogP contribution in [0.2, 0.25) is 0 Å². The highest BCUT2D eigenvalue weighted by atomic mass is 16.2. The van der Waals surface area contributed by atoms with Gasteiger partial charge in [-0.15, -0.1) is 0 Å². The smallest absolute Gasteiger partial charge is 0.242 e. The van der Waals surface area contributed by atoms with Gasteiger partial charge in [0.05, 0.1) is 0 Å². The van der Waals surface area contributed by atoms with Gasteiger partial charge in [-0.05, 0) is 30.0 Å². The van der Waals surface area contributed by atoms with Crippen molar-refractivity contribution in [2.24, 2.45) is 0 Å². The van der Waals surface area contributed by atoms with Crippen LogP contribution in [0.3, 0.4) is 0 Å². The van der Waals surface area contributed by atoms with E-state index in [4.69, 9.17) is 0 Å². The number of rotatable bonds is 3. The maximum atomic E-state index is 12.4. The van der Waals surface area contributed by atoms with Crippen LogP contribution in [0.15, 0.2) is 48.5 Å². The fraction of sp³-hybridized carbons (Fsp3) is 0.278. The van der Waals surface area contributed by atoms with Crippen LogP contribution in [0.4, 0.5) is 0 Å². The number of aryl methyl sites for hydroxylation is 1. The predicted octanol–water partition coefficient (Wildman–Crippen LogP) is 2.50. The number of amides is 1. The van der Waals surface area contributed by atoms with Crippen molar-refractivity contribution < 1.29 is 4.79 Å². The molecule has 0 fully saturated rings. The van der Waals surface area contributed by atoms with Gasteiger partial charge in [0.2, 0.25) is 5.91 Å². The van der Waals surface area contributed by atoms with E-state index in [1.54, 1.807) is 0 Å². The molecule has 1 amide bonds. The molecule has 0 aromatic heterocycles. The Morgan fingerprint density at radius 2 is 1.95 bits per heavy atom. The minimum absolute atomic E-state index is 0.0442. The summed E-state index contributed by atoms with van der Waals surface area (Å²) < 4.78 is 0. The molecule has 2 aromatic carbocycles. The van der Waals surface area contributed by atoms with E-state index in [9.17, 15) is 4.79 Å². The topological polar surface area (TPSA) is 41.1 Å². The van der Waals surface area contributed by atoms with Crippen molar-refractivity contribution in [3.8, 4) is 0 Å². The molecule has 0 bridgehead atoms. The number of hydrogen-bond acceptors (Lipinski definition) is 2. The highest BCUT2D eigenvalue weighted by molar-refractivity contribution is 5.83. The summed E-state index contributed by atoms with van der Waals surface area (Å²) in [6.07, 6.45) is 0.984. The lowest BCUT2D eigenvalue weighted by molar-refractivity contribution is -0.123. The van der Waals surface area contributed by atoms with Gasteiger partial charge in [0.25, 0.3) is 0 Å². The van der Waals surface area contributed by atoms with Gasteiger partial charge in [-0.1, -0.05) is 54.1 Å². The highest BCUT2D eigenvalue weighted by Crippen LogP contribution is 2.22. The Morgan fingerprint density at radius 1 is 1.19 bits per heavy atom. The summed E-state index contributed by atoms with van der Waals surface area (Å²) in [7, 11) is 0. The normalized spacial score (nSPS) is 17.1. The van der Waals surface area contributed by atoms with E-state index in [-0.39, 0.29) is 11.9 Å². The van der Waals surface area contributed by atoms with E-state index in [0.717, 1.165) is 24.1 Å². The van der Waals surface area contributed by atoms with E-state index in [0.29, 0.717) is 6.54 Å². The zero-order valence-corrected chi connectivity index (χ0v) is 12.2. The molecule has 3 nitrogen and oxygen atoms in total. The lowest BCUT2D eigenvalue weighted by atomic mass is 9.94. The summed E-state index contributed by atoms with van der Waals surface area (Å²) in [5, 5.41) is 6.34. The SMILES string of the molecule is Cc1ccc(CNC(=O)C2NCCc3ccccc32)cc1. The van der Waals surface area contributed by atoms with Crippen LogP contribution < -0.4 is 10.6 Å². The van der Waals surface area contributed by atoms with Crippen molar-refractivity contribution in [3.05, 3.63) is 70.8 Å². The van der Waals surface area contributed by atoms with E-state index >= 15 is 0 Å². The van der Waals surface area contributed by atoms with Crippen LogP contribution in [0, 0.1) is 6.92 Å². The van der Waals surface area contributed by atoms with Crippen LogP contribution in [-0.4, -0.2) is 12.5 Å². The van der Waals surface area contributed by atoms with Crippen molar-refractivity contribution in [3.63, 3.8) is 0 Å². The lowest BCUT2D eigenvalue weighted by Crippen LogP contribution is -2.41. The van der Waals surface area contributed by atoms with Gasteiger partial charge < -0.3 is 10.6 Å². The maximum absolute atomic E-state index is 12.4. The van der Waals surface area contributed by atoms with Crippen molar-refractivity contribution in [1.82, 2.24) is 10.6 Å². The van der Waals surface area contributed by atoms with Gasteiger partial charge in [0, 0.05) is 13.1 Å². The first-order valence-corrected chi connectivity index (χ1v) is 7.38. The molecule has 3 rings (SSSR count). The Bertz CT molecular complexity index is 634. The standard InChI is InChI=1S/C18H20N2O/c1-13-6-8-14(9-7-13)12-20-18(21)17-16-5-3-2-4-15(16)10-11-19-17/h2-9,17,19H,10-12H2,1H3,(H,20,21). The molecule has 1 atom stereocenters. The van der Waals surface area contributed by atoms with Crippen molar-refractivity contribution in [2.45, 2.75) is 25.9 Å². The number of hydrogen-bond donors (Lipinski definition) is 2. The third-order valence-corrected chi connectivity index (χ3v) is 3.96. The molecule has 1 aliphatic rings. The number of fused-ring (bicyclic) bond motifs is 1. The molecule has 1 aliphatic heterocycles. The van der Waals surface area contributed by atoms with Crippen LogP contribution in [0.5, 0.6) is 0 Å². The van der Waals surface area contributed by atoms with E-state index in [2.05, 4.69) is 47.9 Å². The van der Waals surface area contributed by atoms with Gasteiger partial charge in [-0.3, -0.25) is 4.79 Å². The second kappa shape index (κ2) is 6.10. The van der Waals surface area contributed by atoms with Crippen LogP contribution in [0.1, 0.15) is 28.3 Å². The maximum Gasteiger partial charge on any atom is 0.242 e. The van der Waals surface area contributed by atoms with Crippen molar-refractivity contribution in [2.75, 3.05) is 6.54 Å². The molecule has 108 valence electrons. The molecular weight excluding hydrogens is 260 g/mol. The minimum atomic E-state index is -0.236. The minimum Gasteiger partial charge on any atom is -0.350 e. The molecule has 21 heavy (non-hydrogen) atoms. The lowest BCUT2D eigenvalue weighted by Gasteiger charge is -2.26. The highest BCUT2D eigenvalue weighted by Gasteiger charge is 2.25. The molecule has 0 saturated heterocycles. The van der Waals surface area contributed by atoms with Crippen LogP contribution >= 0.6 is 0 Å². The Morgan fingerprint density at radius 3 is 2.76 bits per heavy atom.